The van der Waals surface area contributed by atoms with Crippen LogP contribution in [-0.4, -0.2) is 33.5 Å². The zero-order valence-electron chi connectivity index (χ0n) is 13.3. The first-order valence-electron chi connectivity index (χ1n) is 8.31. The van der Waals surface area contributed by atoms with Crippen molar-refractivity contribution in [2.45, 2.75) is 32.1 Å². The lowest BCUT2D eigenvalue weighted by molar-refractivity contribution is -0.129. The molecule has 0 spiro atoms. The summed E-state index contributed by atoms with van der Waals surface area (Å²) in [5.41, 5.74) is 3.74. The maximum atomic E-state index is 12.2. The summed E-state index contributed by atoms with van der Waals surface area (Å²) < 4.78 is 0. The SMILES string of the molecule is O=C1CC(C(=O)Nc2n[nH]c(-c3ccc4c(c3)CCC4)n2)CCN1. The van der Waals surface area contributed by atoms with Gasteiger partial charge in [0, 0.05) is 24.4 Å². The van der Waals surface area contributed by atoms with E-state index >= 15 is 0 Å². The zero-order chi connectivity index (χ0) is 16.5. The molecule has 4 rings (SSSR count). The Morgan fingerprint density at radius 3 is 3.00 bits per heavy atom. The number of fused-ring (bicyclic) bond motifs is 1. The van der Waals surface area contributed by atoms with Gasteiger partial charge in [-0.3, -0.25) is 20.0 Å². The third-order valence-corrected chi connectivity index (χ3v) is 4.71. The molecule has 7 nitrogen and oxygen atoms in total. The molecular formula is C17H19N5O2. The number of nitrogens with zero attached hydrogens (tertiary/aromatic N) is 2. The van der Waals surface area contributed by atoms with Gasteiger partial charge in [0.2, 0.25) is 17.8 Å². The monoisotopic (exact) mass is 325 g/mol. The van der Waals surface area contributed by atoms with E-state index < -0.39 is 0 Å². The molecule has 2 aromatic rings. The van der Waals surface area contributed by atoms with E-state index in [-0.39, 0.29) is 30.1 Å². The molecule has 1 unspecified atom stereocenters. The number of piperidine rings is 1. The van der Waals surface area contributed by atoms with Gasteiger partial charge in [-0.15, -0.1) is 5.10 Å². The topological polar surface area (TPSA) is 99.8 Å². The fourth-order valence-electron chi connectivity index (χ4n) is 3.39. The van der Waals surface area contributed by atoms with Gasteiger partial charge in [0.25, 0.3) is 0 Å². The average Bonchev–Trinajstić information content (AvgIpc) is 3.23. The van der Waals surface area contributed by atoms with Crippen molar-refractivity contribution in [1.29, 1.82) is 0 Å². The van der Waals surface area contributed by atoms with Crippen LogP contribution in [0.4, 0.5) is 5.95 Å². The number of aryl methyl sites for hydroxylation is 2. The normalized spacial score (nSPS) is 19.7. The van der Waals surface area contributed by atoms with Crippen LogP contribution in [0.2, 0.25) is 0 Å². The first-order valence-corrected chi connectivity index (χ1v) is 8.31. The molecule has 7 heteroatoms. The Kier molecular flexibility index (Phi) is 3.76. The highest BCUT2D eigenvalue weighted by Crippen LogP contribution is 2.26. The van der Waals surface area contributed by atoms with Crippen LogP contribution in [0, 0.1) is 5.92 Å². The molecule has 1 aromatic heterocycles. The Hall–Kier alpha value is -2.70. The van der Waals surface area contributed by atoms with Crippen LogP contribution >= 0.6 is 0 Å². The van der Waals surface area contributed by atoms with Crippen LogP contribution in [-0.2, 0) is 22.4 Å². The lowest BCUT2D eigenvalue weighted by Gasteiger charge is -2.20. The lowest BCUT2D eigenvalue weighted by atomic mass is 9.97. The molecule has 1 aliphatic carbocycles. The molecular weight excluding hydrogens is 306 g/mol. The molecule has 24 heavy (non-hydrogen) atoms. The Labute approximate surface area is 139 Å². The maximum absolute atomic E-state index is 12.2. The molecule has 1 saturated heterocycles. The summed E-state index contributed by atoms with van der Waals surface area (Å²) in [6.07, 6.45) is 4.30. The summed E-state index contributed by atoms with van der Waals surface area (Å²) >= 11 is 0. The van der Waals surface area contributed by atoms with Gasteiger partial charge in [0.05, 0.1) is 0 Å². The number of anilines is 1. The summed E-state index contributed by atoms with van der Waals surface area (Å²) in [6, 6.07) is 6.31. The molecule has 3 N–H and O–H groups in total. The zero-order valence-corrected chi connectivity index (χ0v) is 13.3. The van der Waals surface area contributed by atoms with E-state index in [0.29, 0.717) is 18.8 Å². The number of aromatic nitrogens is 3. The minimum atomic E-state index is -0.319. The quantitative estimate of drug-likeness (QED) is 0.794. The first-order chi connectivity index (χ1) is 11.7. The smallest absolute Gasteiger partial charge is 0.249 e. The molecule has 2 heterocycles. The Morgan fingerprint density at radius 1 is 1.25 bits per heavy atom. The molecule has 1 aromatic carbocycles. The number of H-pyrrole nitrogens is 1. The molecule has 124 valence electrons. The molecule has 0 radical (unpaired) electrons. The van der Waals surface area contributed by atoms with E-state index in [1.54, 1.807) is 0 Å². The summed E-state index contributed by atoms with van der Waals surface area (Å²) in [5, 5.41) is 12.4. The molecule has 0 saturated carbocycles. The van der Waals surface area contributed by atoms with Crippen molar-refractivity contribution < 1.29 is 9.59 Å². The van der Waals surface area contributed by atoms with Crippen molar-refractivity contribution in [1.82, 2.24) is 20.5 Å². The van der Waals surface area contributed by atoms with Crippen LogP contribution in [0.1, 0.15) is 30.4 Å². The van der Waals surface area contributed by atoms with E-state index in [9.17, 15) is 9.59 Å². The molecule has 1 atom stereocenters. The third-order valence-electron chi connectivity index (χ3n) is 4.71. The molecule has 2 amide bonds. The van der Waals surface area contributed by atoms with Gasteiger partial charge in [-0.25, -0.2) is 0 Å². The van der Waals surface area contributed by atoms with Crippen molar-refractivity contribution >= 4 is 17.8 Å². The van der Waals surface area contributed by atoms with E-state index in [1.165, 1.54) is 17.5 Å². The van der Waals surface area contributed by atoms with Gasteiger partial charge in [0.1, 0.15) is 0 Å². The predicted molar refractivity (Wildman–Crippen MR) is 88.2 cm³/mol. The van der Waals surface area contributed by atoms with Crippen molar-refractivity contribution in [2.75, 3.05) is 11.9 Å². The van der Waals surface area contributed by atoms with Crippen molar-refractivity contribution in [3.63, 3.8) is 0 Å². The number of amides is 2. The third kappa shape index (κ3) is 2.89. The molecule has 1 aliphatic heterocycles. The number of hydrogen-bond acceptors (Lipinski definition) is 4. The van der Waals surface area contributed by atoms with Crippen LogP contribution < -0.4 is 10.6 Å². The molecule has 0 bridgehead atoms. The van der Waals surface area contributed by atoms with Gasteiger partial charge in [-0.2, -0.15) is 4.98 Å². The van der Waals surface area contributed by atoms with Gasteiger partial charge < -0.3 is 5.32 Å². The second kappa shape index (κ2) is 6.07. The van der Waals surface area contributed by atoms with Crippen LogP contribution in [0.25, 0.3) is 11.4 Å². The fraction of sp³-hybridized carbons (Fsp3) is 0.412. The van der Waals surface area contributed by atoms with E-state index in [0.717, 1.165) is 18.4 Å². The van der Waals surface area contributed by atoms with Gasteiger partial charge in [0.15, 0.2) is 5.82 Å². The van der Waals surface area contributed by atoms with E-state index in [2.05, 4.69) is 37.9 Å². The standard InChI is InChI=1S/C17H19N5O2/c23-14-9-13(6-7-18-14)16(24)20-17-19-15(21-22-17)12-5-4-10-2-1-3-11(10)8-12/h4-5,8,13H,1-3,6-7,9H2,(H,18,23)(H2,19,20,21,22,24). The summed E-state index contributed by atoms with van der Waals surface area (Å²) in [4.78, 5) is 28.0. The number of carbonyl (C=O) groups is 2. The van der Waals surface area contributed by atoms with E-state index in [1.807, 2.05) is 6.07 Å². The lowest BCUT2D eigenvalue weighted by Crippen LogP contribution is -2.38. The molecule has 1 fully saturated rings. The largest absolute Gasteiger partial charge is 0.356 e. The van der Waals surface area contributed by atoms with Gasteiger partial charge in [-0.1, -0.05) is 12.1 Å². The maximum Gasteiger partial charge on any atom is 0.249 e. The van der Waals surface area contributed by atoms with Crippen LogP contribution in [0.15, 0.2) is 18.2 Å². The van der Waals surface area contributed by atoms with Gasteiger partial charge in [-0.05, 0) is 42.9 Å². The van der Waals surface area contributed by atoms with E-state index in [4.69, 9.17) is 0 Å². The van der Waals surface area contributed by atoms with Crippen molar-refractivity contribution in [2.24, 2.45) is 5.92 Å². The summed E-state index contributed by atoms with van der Waals surface area (Å²) in [5.74, 6) is 0.281. The summed E-state index contributed by atoms with van der Waals surface area (Å²) in [7, 11) is 0. The second-order valence-corrected chi connectivity index (χ2v) is 6.37. The predicted octanol–water partition coefficient (Wildman–Crippen LogP) is 1.43. The fourth-order valence-corrected chi connectivity index (χ4v) is 3.39. The number of nitrogens with one attached hydrogen (secondary N) is 3. The highest BCUT2D eigenvalue weighted by molar-refractivity contribution is 5.94. The number of aromatic amines is 1. The molecule has 2 aliphatic rings. The first kappa shape index (κ1) is 14.9. The van der Waals surface area contributed by atoms with Crippen LogP contribution in [0.3, 0.4) is 0 Å². The number of carbonyl (C=O) groups excluding carboxylic acids is 2. The highest BCUT2D eigenvalue weighted by Gasteiger charge is 2.26. The second-order valence-electron chi connectivity index (χ2n) is 6.37. The number of hydrogen-bond donors (Lipinski definition) is 3. The summed E-state index contributed by atoms with van der Waals surface area (Å²) in [6.45, 7) is 0.533. The number of rotatable bonds is 3. The van der Waals surface area contributed by atoms with Crippen molar-refractivity contribution in [3.05, 3.63) is 29.3 Å². The minimum absolute atomic E-state index is 0.0878. The Morgan fingerprint density at radius 2 is 2.12 bits per heavy atom. The minimum Gasteiger partial charge on any atom is -0.356 e. The Bertz CT molecular complexity index is 798. The number of benzene rings is 1. The van der Waals surface area contributed by atoms with Gasteiger partial charge >= 0.3 is 0 Å². The van der Waals surface area contributed by atoms with Crippen molar-refractivity contribution in [3.8, 4) is 11.4 Å². The average molecular weight is 325 g/mol. The Balaban J connectivity index is 1.46. The van der Waals surface area contributed by atoms with Crippen LogP contribution in [0.5, 0.6) is 0 Å². The highest BCUT2D eigenvalue weighted by atomic mass is 16.2.